The summed E-state index contributed by atoms with van der Waals surface area (Å²) in [6.45, 7) is 1.10. The first kappa shape index (κ1) is 9.38. The molecular formula is C10H12ClNS. The largest absolute Gasteiger partial charge is 0.308 e. The first-order valence-corrected chi connectivity index (χ1v) is 5.96. The smallest absolute Gasteiger partial charge is 0.0412 e. The molecule has 0 amide bonds. The highest BCUT2D eigenvalue weighted by Crippen LogP contribution is 2.23. The van der Waals surface area contributed by atoms with Crippen LogP contribution in [0.15, 0.2) is 24.3 Å². The molecule has 1 nitrogen and oxygen atoms in total. The zero-order valence-corrected chi connectivity index (χ0v) is 8.87. The summed E-state index contributed by atoms with van der Waals surface area (Å²) < 4.78 is 0. The van der Waals surface area contributed by atoms with Gasteiger partial charge in [-0.05, 0) is 17.7 Å². The fraction of sp³-hybridized carbons (Fsp3) is 0.400. The Hall–Kier alpha value is -0.180. The van der Waals surface area contributed by atoms with Crippen LogP contribution in [0, 0.1) is 0 Å². The van der Waals surface area contributed by atoms with E-state index in [0.29, 0.717) is 6.04 Å². The lowest BCUT2D eigenvalue weighted by molar-refractivity contribution is 0.595. The minimum atomic E-state index is 0.484. The van der Waals surface area contributed by atoms with Crippen LogP contribution in [0.25, 0.3) is 0 Å². The van der Waals surface area contributed by atoms with E-state index in [1.165, 1.54) is 11.3 Å². The Labute approximate surface area is 87.9 Å². The van der Waals surface area contributed by atoms with Gasteiger partial charge in [-0.25, -0.2) is 0 Å². The standard InChI is InChI=1S/C10H12ClNS/c11-9-3-1-2-8(6-9)10-7-13-5-4-12-10/h1-3,6,10,12H,4-5,7H2/t10-/m0/s1. The summed E-state index contributed by atoms with van der Waals surface area (Å²) in [5.41, 5.74) is 1.31. The van der Waals surface area contributed by atoms with Gasteiger partial charge in [-0.2, -0.15) is 11.8 Å². The SMILES string of the molecule is Clc1cccc([C@@H]2CSCCN2)c1. The summed E-state index contributed by atoms with van der Waals surface area (Å²) >= 11 is 7.93. The predicted octanol–water partition coefficient (Wildman–Crippen LogP) is 2.72. The van der Waals surface area contributed by atoms with Crippen molar-refractivity contribution in [3.63, 3.8) is 0 Å². The second kappa shape index (κ2) is 4.36. The van der Waals surface area contributed by atoms with Crippen LogP contribution in [0.4, 0.5) is 0 Å². The Kier molecular flexibility index (Phi) is 3.14. The lowest BCUT2D eigenvalue weighted by atomic mass is 10.1. The molecule has 1 aliphatic rings. The van der Waals surface area contributed by atoms with Crippen LogP contribution < -0.4 is 5.32 Å². The van der Waals surface area contributed by atoms with Gasteiger partial charge in [0.05, 0.1) is 0 Å². The molecule has 2 rings (SSSR count). The van der Waals surface area contributed by atoms with Gasteiger partial charge < -0.3 is 5.32 Å². The molecule has 0 radical (unpaired) electrons. The van der Waals surface area contributed by atoms with Gasteiger partial charge in [0, 0.05) is 29.1 Å². The van der Waals surface area contributed by atoms with Crippen molar-refractivity contribution in [2.75, 3.05) is 18.1 Å². The van der Waals surface area contributed by atoms with E-state index >= 15 is 0 Å². The molecule has 1 saturated heterocycles. The lowest BCUT2D eigenvalue weighted by Gasteiger charge is -2.23. The Morgan fingerprint density at radius 1 is 1.46 bits per heavy atom. The van der Waals surface area contributed by atoms with Gasteiger partial charge in [0.15, 0.2) is 0 Å². The number of halogens is 1. The molecular weight excluding hydrogens is 202 g/mol. The van der Waals surface area contributed by atoms with Gasteiger partial charge in [-0.1, -0.05) is 23.7 Å². The summed E-state index contributed by atoms with van der Waals surface area (Å²) in [5.74, 6) is 2.37. The van der Waals surface area contributed by atoms with Crippen LogP contribution in [-0.4, -0.2) is 18.1 Å². The van der Waals surface area contributed by atoms with Crippen LogP contribution in [0.2, 0.25) is 5.02 Å². The third kappa shape index (κ3) is 2.39. The van der Waals surface area contributed by atoms with E-state index in [4.69, 9.17) is 11.6 Å². The molecule has 1 aromatic rings. The van der Waals surface area contributed by atoms with Crippen LogP contribution in [0.3, 0.4) is 0 Å². The van der Waals surface area contributed by atoms with Gasteiger partial charge >= 0.3 is 0 Å². The number of benzene rings is 1. The van der Waals surface area contributed by atoms with Crippen molar-refractivity contribution >= 4 is 23.4 Å². The van der Waals surface area contributed by atoms with E-state index in [1.807, 2.05) is 30.0 Å². The van der Waals surface area contributed by atoms with Crippen molar-refractivity contribution in [1.82, 2.24) is 5.32 Å². The van der Waals surface area contributed by atoms with E-state index < -0.39 is 0 Å². The molecule has 1 aromatic carbocycles. The molecule has 0 spiro atoms. The van der Waals surface area contributed by atoms with E-state index in [0.717, 1.165) is 17.3 Å². The topological polar surface area (TPSA) is 12.0 Å². The molecule has 1 atom stereocenters. The number of thioether (sulfide) groups is 1. The highest BCUT2D eigenvalue weighted by Gasteiger charge is 2.14. The van der Waals surface area contributed by atoms with Crippen molar-refractivity contribution in [1.29, 1.82) is 0 Å². The summed E-state index contributed by atoms with van der Waals surface area (Å²) in [6.07, 6.45) is 0. The average Bonchev–Trinajstić information content (AvgIpc) is 2.19. The van der Waals surface area contributed by atoms with Crippen LogP contribution in [0.5, 0.6) is 0 Å². The maximum absolute atomic E-state index is 5.93. The third-order valence-corrected chi connectivity index (χ3v) is 3.47. The van der Waals surface area contributed by atoms with E-state index in [1.54, 1.807) is 0 Å². The summed E-state index contributed by atoms with van der Waals surface area (Å²) in [5, 5.41) is 4.31. The highest BCUT2D eigenvalue weighted by atomic mass is 35.5. The highest BCUT2D eigenvalue weighted by molar-refractivity contribution is 7.99. The molecule has 0 bridgehead atoms. The van der Waals surface area contributed by atoms with E-state index in [-0.39, 0.29) is 0 Å². The molecule has 1 heterocycles. The summed E-state index contributed by atoms with van der Waals surface area (Å²) in [7, 11) is 0. The molecule has 1 aliphatic heterocycles. The van der Waals surface area contributed by atoms with Crippen molar-refractivity contribution < 1.29 is 0 Å². The van der Waals surface area contributed by atoms with Crippen molar-refractivity contribution in [2.24, 2.45) is 0 Å². The molecule has 0 aliphatic carbocycles. The number of hydrogen-bond donors (Lipinski definition) is 1. The van der Waals surface area contributed by atoms with Gasteiger partial charge in [0.1, 0.15) is 0 Å². The molecule has 0 unspecified atom stereocenters. The molecule has 1 fully saturated rings. The van der Waals surface area contributed by atoms with Gasteiger partial charge in [-0.15, -0.1) is 0 Å². The number of rotatable bonds is 1. The first-order chi connectivity index (χ1) is 6.36. The Balaban J connectivity index is 2.14. The van der Waals surface area contributed by atoms with Gasteiger partial charge in [-0.3, -0.25) is 0 Å². The first-order valence-electron chi connectivity index (χ1n) is 4.43. The zero-order valence-electron chi connectivity index (χ0n) is 7.29. The fourth-order valence-electron chi connectivity index (χ4n) is 1.50. The maximum Gasteiger partial charge on any atom is 0.0412 e. The second-order valence-electron chi connectivity index (χ2n) is 3.14. The average molecular weight is 214 g/mol. The van der Waals surface area contributed by atoms with Gasteiger partial charge in [0.25, 0.3) is 0 Å². The van der Waals surface area contributed by atoms with Crippen LogP contribution >= 0.6 is 23.4 Å². The molecule has 13 heavy (non-hydrogen) atoms. The Bertz CT molecular complexity index is 284. The van der Waals surface area contributed by atoms with Crippen LogP contribution in [-0.2, 0) is 0 Å². The lowest BCUT2D eigenvalue weighted by Crippen LogP contribution is -2.30. The monoisotopic (exact) mass is 213 g/mol. The minimum Gasteiger partial charge on any atom is -0.308 e. The number of hydrogen-bond acceptors (Lipinski definition) is 2. The minimum absolute atomic E-state index is 0.484. The van der Waals surface area contributed by atoms with Crippen molar-refractivity contribution in [3.05, 3.63) is 34.9 Å². The van der Waals surface area contributed by atoms with Gasteiger partial charge in [0.2, 0.25) is 0 Å². The summed E-state index contributed by atoms with van der Waals surface area (Å²) in [4.78, 5) is 0. The van der Waals surface area contributed by atoms with Crippen molar-refractivity contribution in [2.45, 2.75) is 6.04 Å². The second-order valence-corrected chi connectivity index (χ2v) is 4.72. The third-order valence-electron chi connectivity index (χ3n) is 2.17. The van der Waals surface area contributed by atoms with Crippen molar-refractivity contribution in [3.8, 4) is 0 Å². The quantitative estimate of drug-likeness (QED) is 0.770. The molecule has 1 N–H and O–H groups in total. The normalized spacial score (nSPS) is 23.0. The Morgan fingerprint density at radius 3 is 3.08 bits per heavy atom. The fourth-order valence-corrected chi connectivity index (χ4v) is 2.68. The Morgan fingerprint density at radius 2 is 2.38 bits per heavy atom. The molecule has 0 aromatic heterocycles. The maximum atomic E-state index is 5.93. The van der Waals surface area contributed by atoms with E-state index in [2.05, 4.69) is 11.4 Å². The van der Waals surface area contributed by atoms with Crippen LogP contribution in [0.1, 0.15) is 11.6 Å². The molecule has 3 heteroatoms. The predicted molar refractivity (Wildman–Crippen MR) is 59.5 cm³/mol. The zero-order chi connectivity index (χ0) is 9.10. The molecule has 70 valence electrons. The summed E-state index contributed by atoms with van der Waals surface area (Å²) in [6, 6.07) is 8.60. The molecule has 0 saturated carbocycles. The van der Waals surface area contributed by atoms with E-state index in [9.17, 15) is 0 Å². The number of nitrogens with one attached hydrogen (secondary N) is 1.